The fraction of sp³-hybridized carbons (Fsp3) is 0.0784. The maximum absolute atomic E-state index is 8.53. The van der Waals surface area contributed by atoms with Gasteiger partial charge in [-0.2, -0.15) is 0 Å². The maximum atomic E-state index is 8.53. The first kappa shape index (κ1) is 33.9. The van der Waals surface area contributed by atoms with E-state index in [1.54, 1.807) is 6.21 Å². The Labute approximate surface area is 322 Å². The van der Waals surface area contributed by atoms with Gasteiger partial charge in [0, 0.05) is 46.0 Å². The molecule has 1 aliphatic heterocycles. The lowest BCUT2D eigenvalue weighted by Gasteiger charge is -2.38. The van der Waals surface area contributed by atoms with Crippen molar-refractivity contribution in [3.63, 3.8) is 0 Å². The smallest absolute Gasteiger partial charge is 0.160 e. The minimum Gasteiger partial charge on any atom is -0.357 e. The third-order valence-corrected chi connectivity index (χ3v) is 10.7. The number of aromatic nitrogens is 2. The molecule has 0 radical (unpaired) electrons. The van der Waals surface area contributed by atoms with Crippen LogP contribution in [0.25, 0.3) is 56.3 Å². The van der Waals surface area contributed by atoms with Gasteiger partial charge >= 0.3 is 0 Å². The number of benzene rings is 5. The van der Waals surface area contributed by atoms with Crippen LogP contribution in [0.1, 0.15) is 24.0 Å². The Morgan fingerprint density at radius 1 is 0.564 bits per heavy atom. The van der Waals surface area contributed by atoms with Crippen LogP contribution in [0.15, 0.2) is 205 Å². The van der Waals surface area contributed by atoms with E-state index in [1.807, 2.05) is 36.4 Å². The Bertz CT molecular complexity index is 2480. The third-order valence-electron chi connectivity index (χ3n) is 10.7. The van der Waals surface area contributed by atoms with Crippen molar-refractivity contribution in [3.8, 4) is 45.0 Å². The van der Waals surface area contributed by atoms with E-state index in [0.717, 1.165) is 74.6 Å². The van der Waals surface area contributed by atoms with Crippen molar-refractivity contribution in [2.24, 2.45) is 11.8 Å². The van der Waals surface area contributed by atoms with E-state index in [4.69, 9.17) is 15.4 Å². The standard InChI is InChI=1S/C51H40N4/c52-34-45(37-15-5-1-6-16-37)50-44-24-14-13-23-43(44)48(49(55-50)41-19-9-3-10-20-41)40-31-27-36(28-32-40)35-25-29-39(30-26-35)47-33-46(38-17-7-2-8-18-38)53-51(54-47)42-21-11-4-12-22-42/h1-5,7-15,17-34,43-44,52,55H,6,16H2/b50-45+,52-34?. The highest BCUT2D eigenvalue weighted by Crippen LogP contribution is 2.46. The zero-order valence-corrected chi connectivity index (χ0v) is 30.4. The quantitative estimate of drug-likeness (QED) is 0.155. The van der Waals surface area contributed by atoms with E-state index in [9.17, 15) is 0 Å². The molecule has 3 aliphatic rings. The number of hydrogen-bond acceptors (Lipinski definition) is 4. The van der Waals surface area contributed by atoms with E-state index in [0.29, 0.717) is 5.82 Å². The van der Waals surface area contributed by atoms with Crippen LogP contribution in [0.4, 0.5) is 0 Å². The molecule has 9 rings (SSSR count). The number of allylic oxidation sites excluding steroid dienone is 10. The number of fused-ring (bicyclic) bond motifs is 1. The summed E-state index contributed by atoms with van der Waals surface area (Å²) in [7, 11) is 0. The SMILES string of the molecule is N=C/C(C1=CC=CCC1)=C1\NC(c2ccccc2)=C(c2ccc(-c3ccc(-c4cc(-c5ccccc5)nc(-c5ccccc5)n4)cc3)cc2)C2C=CC=CC12. The molecule has 5 aromatic carbocycles. The summed E-state index contributed by atoms with van der Waals surface area (Å²) in [6.07, 6.45) is 18.9. The summed E-state index contributed by atoms with van der Waals surface area (Å²) in [4.78, 5) is 9.98. The van der Waals surface area contributed by atoms with Gasteiger partial charge in [0.15, 0.2) is 5.82 Å². The molecule has 0 amide bonds. The van der Waals surface area contributed by atoms with Crippen molar-refractivity contribution in [1.82, 2.24) is 15.3 Å². The molecule has 0 fully saturated rings. The number of nitrogens with zero attached hydrogens (tertiary/aromatic N) is 2. The molecule has 4 heteroatoms. The van der Waals surface area contributed by atoms with Crippen LogP contribution in [0.5, 0.6) is 0 Å². The van der Waals surface area contributed by atoms with E-state index >= 15 is 0 Å². The van der Waals surface area contributed by atoms with Crippen molar-refractivity contribution in [2.45, 2.75) is 12.8 Å². The van der Waals surface area contributed by atoms with Crippen LogP contribution in [0.2, 0.25) is 0 Å². The van der Waals surface area contributed by atoms with E-state index in [-0.39, 0.29) is 11.8 Å². The van der Waals surface area contributed by atoms with Gasteiger partial charge in [0.25, 0.3) is 0 Å². The van der Waals surface area contributed by atoms with Gasteiger partial charge in [-0.3, -0.25) is 0 Å². The van der Waals surface area contributed by atoms with Crippen molar-refractivity contribution in [3.05, 3.63) is 216 Å². The largest absolute Gasteiger partial charge is 0.357 e. The maximum Gasteiger partial charge on any atom is 0.160 e. The monoisotopic (exact) mass is 708 g/mol. The van der Waals surface area contributed by atoms with Gasteiger partial charge in [-0.05, 0) is 52.3 Å². The molecule has 4 nitrogen and oxygen atoms in total. The molecule has 264 valence electrons. The highest BCUT2D eigenvalue weighted by Gasteiger charge is 2.36. The van der Waals surface area contributed by atoms with Gasteiger partial charge < -0.3 is 10.7 Å². The molecule has 6 aromatic rings. The van der Waals surface area contributed by atoms with Gasteiger partial charge in [-0.1, -0.05) is 182 Å². The molecule has 2 unspecified atom stereocenters. The molecule has 2 heterocycles. The fourth-order valence-corrected chi connectivity index (χ4v) is 7.94. The summed E-state index contributed by atoms with van der Waals surface area (Å²) >= 11 is 0. The first-order valence-corrected chi connectivity index (χ1v) is 19.0. The Balaban J connectivity index is 1.07. The minimum atomic E-state index is 0.0923. The van der Waals surface area contributed by atoms with Gasteiger partial charge in [0.05, 0.1) is 17.1 Å². The Kier molecular flexibility index (Phi) is 9.38. The molecular formula is C51H40N4. The van der Waals surface area contributed by atoms with Crippen LogP contribution in [-0.2, 0) is 0 Å². The minimum absolute atomic E-state index is 0.0923. The topological polar surface area (TPSA) is 61.7 Å². The van der Waals surface area contributed by atoms with E-state index < -0.39 is 0 Å². The second-order valence-corrected chi connectivity index (χ2v) is 14.1. The number of rotatable bonds is 8. The van der Waals surface area contributed by atoms with Gasteiger partial charge in [-0.15, -0.1) is 0 Å². The molecule has 2 N–H and O–H groups in total. The summed E-state index contributed by atoms with van der Waals surface area (Å²) < 4.78 is 0. The molecule has 0 saturated carbocycles. The molecule has 0 saturated heterocycles. The molecule has 2 aliphatic carbocycles. The average molecular weight is 709 g/mol. The molecule has 0 bridgehead atoms. The summed E-state index contributed by atoms with van der Waals surface area (Å²) in [6.45, 7) is 0. The van der Waals surface area contributed by atoms with Crippen molar-refractivity contribution >= 4 is 17.5 Å². The van der Waals surface area contributed by atoms with E-state index in [1.165, 1.54) is 16.7 Å². The average Bonchev–Trinajstić information content (AvgIpc) is 3.28. The number of nitrogens with one attached hydrogen (secondary N) is 2. The van der Waals surface area contributed by atoms with Crippen LogP contribution in [-0.4, -0.2) is 16.2 Å². The van der Waals surface area contributed by atoms with Crippen LogP contribution in [0.3, 0.4) is 0 Å². The zero-order chi connectivity index (χ0) is 37.0. The van der Waals surface area contributed by atoms with Crippen molar-refractivity contribution in [1.29, 1.82) is 5.41 Å². The summed E-state index contributed by atoms with van der Waals surface area (Å²) in [5.74, 6) is 0.920. The second kappa shape index (κ2) is 15.2. The first-order valence-electron chi connectivity index (χ1n) is 19.0. The zero-order valence-electron chi connectivity index (χ0n) is 30.4. The highest BCUT2D eigenvalue weighted by molar-refractivity contribution is 5.96. The third kappa shape index (κ3) is 6.87. The van der Waals surface area contributed by atoms with Crippen molar-refractivity contribution < 1.29 is 0 Å². The normalized spacial score (nSPS) is 18.3. The lowest BCUT2D eigenvalue weighted by atomic mass is 9.72. The predicted molar refractivity (Wildman–Crippen MR) is 228 cm³/mol. The first-order chi connectivity index (χ1) is 27.2. The Morgan fingerprint density at radius 3 is 1.67 bits per heavy atom. The lowest BCUT2D eigenvalue weighted by Crippen LogP contribution is -2.34. The van der Waals surface area contributed by atoms with Crippen LogP contribution in [0, 0.1) is 17.2 Å². The van der Waals surface area contributed by atoms with Crippen LogP contribution >= 0.6 is 0 Å². The Morgan fingerprint density at radius 2 is 1.09 bits per heavy atom. The second-order valence-electron chi connectivity index (χ2n) is 14.1. The lowest BCUT2D eigenvalue weighted by molar-refractivity contribution is 0.597. The predicted octanol–water partition coefficient (Wildman–Crippen LogP) is 12.2. The Hall–Kier alpha value is -6.91. The summed E-state index contributed by atoms with van der Waals surface area (Å²) in [5, 5.41) is 12.4. The van der Waals surface area contributed by atoms with Crippen LogP contribution < -0.4 is 5.32 Å². The molecule has 1 aromatic heterocycles. The molecule has 2 atom stereocenters. The number of hydrogen-bond donors (Lipinski definition) is 2. The summed E-state index contributed by atoms with van der Waals surface area (Å²) in [6, 6.07) is 50.8. The van der Waals surface area contributed by atoms with Gasteiger partial charge in [0.1, 0.15) is 0 Å². The van der Waals surface area contributed by atoms with E-state index in [2.05, 4.69) is 157 Å². The van der Waals surface area contributed by atoms with Crippen molar-refractivity contribution in [2.75, 3.05) is 0 Å². The molecule has 55 heavy (non-hydrogen) atoms. The van der Waals surface area contributed by atoms with Gasteiger partial charge in [0.2, 0.25) is 0 Å². The highest BCUT2D eigenvalue weighted by atomic mass is 14.9. The molecule has 0 spiro atoms. The fourth-order valence-electron chi connectivity index (χ4n) is 7.94. The molecular weight excluding hydrogens is 669 g/mol. The summed E-state index contributed by atoms with van der Waals surface area (Å²) in [5.41, 5.74) is 15.1. The van der Waals surface area contributed by atoms with Gasteiger partial charge in [-0.25, -0.2) is 9.97 Å².